The van der Waals surface area contributed by atoms with Crippen LogP contribution < -0.4 is 10.6 Å². The lowest BCUT2D eigenvalue weighted by molar-refractivity contribution is -0.157. The van der Waals surface area contributed by atoms with E-state index in [2.05, 4.69) is 10.6 Å². The van der Waals surface area contributed by atoms with Crippen LogP contribution in [0.5, 0.6) is 0 Å². The van der Waals surface area contributed by atoms with Gasteiger partial charge in [-0.05, 0) is 20.8 Å². The third-order valence-electron chi connectivity index (χ3n) is 4.81. The zero-order valence-electron chi connectivity index (χ0n) is 25.7. The van der Waals surface area contributed by atoms with Gasteiger partial charge in [-0.1, -0.05) is 6.92 Å². The molecule has 2 N–H and O–H groups in total. The summed E-state index contributed by atoms with van der Waals surface area (Å²) in [5, 5.41) is 5.27. The molecule has 42 heavy (non-hydrogen) atoms. The fraction of sp³-hybridized carbons (Fsp3) is 0.815. The van der Waals surface area contributed by atoms with Gasteiger partial charge in [0.05, 0.1) is 46.2 Å². The van der Waals surface area contributed by atoms with E-state index in [0.29, 0.717) is 32.7 Å². The molecular weight excluding hydrogens is 558 g/mol. The maximum absolute atomic E-state index is 12.3. The third-order valence-corrected chi connectivity index (χ3v) is 4.81. The highest BCUT2D eigenvalue weighted by Gasteiger charge is 2.20. The van der Waals surface area contributed by atoms with Gasteiger partial charge in [0.2, 0.25) is 11.8 Å². The van der Waals surface area contributed by atoms with Gasteiger partial charge in [0.15, 0.2) is 0 Å². The minimum atomic E-state index is -0.669. The van der Waals surface area contributed by atoms with Crippen molar-refractivity contribution in [2.45, 2.75) is 46.6 Å². The van der Waals surface area contributed by atoms with Gasteiger partial charge in [-0.15, -0.1) is 0 Å². The largest absolute Gasteiger partial charge is 0.463 e. The van der Waals surface area contributed by atoms with E-state index in [-0.39, 0.29) is 84.3 Å². The Kier molecular flexibility index (Phi) is 23.0. The van der Waals surface area contributed by atoms with E-state index in [1.165, 1.54) is 6.92 Å². The van der Waals surface area contributed by atoms with Crippen molar-refractivity contribution in [3.63, 3.8) is 0 Å². The summed E-state index contributed by atoms with van der Waals surface area (Å²) in [5.74, 6) is -1.82. The van der Waals surface area contributed by atoms with Gasteiger partial charge in [-0.2, -0.15) is 0 Å². The molecule has 0 unspecified atom stereocenters. The number of hydrogen-bond donors (Lipinski definition) is 2. The van der Waals surface area contributed by atoms with E-state index < -0.39 is 23.5 Å². The molecular formula is C27H49N3O12. The minimum absolute atomic E-state index is 0.0163. The topological polar surface area (TPSA) is 177 Å². The first-order valence-electron chi connectivity index (χ1n) is 14.0. The van der Waals surface area contributed by atoms with Crippen molar-refractivity contribution < 1.29 is 57.1 Å². The van der Waals surface area contributed by atoms with Crippen molar-refractivity contribution in [3.8, 4) is 0 Å². The van der Waals surface area contributed by atoms with Gasteiger partial charge < -0.3 is 43.8 Å². The zero-order chi connectivity index (χ0) is 31.6. The van der Waals surface area contributed by atoms with E-state index in [1.807, 2.05) is 0 Å². The quantitative estimate of drug-likeness (QED) is 0.0768. The predicted octanol–water partition coefficient (Wildman–Crippen LogP) is -0.555. The molecule has 0 saturated carbocycles. The Morgan fingerprint density at radius 3 is 1.57 bits per heavy atom. The minimum Gasteiger partial charge on any atom is -0.463 e. The number of nitrogens with one attached hydrogen (secondary N) is 2. The van der Waals surface area contributed by atoms with Crippen molar-refractivity contribution in [1.29, 1.82) is 0 Å². The highest BCUT2D eigenvalue weighted by atomic mass is 16.6. The predicted molar refractivity (Wildman–Crippen MR) is 149 cm³/mol. The molecule has 0 aliphatic rings. The lowest BCUT2D eigenvalue weighted by Gasteiger charge is -2.24. The summed E-state index contributed by atoms with van der Waals surface area (Å²) in [7, 11) is 0. The highest BCUT2D eigenvalue weighted by Crippen LogP contribution is 2.07. The Morgan fingerprint density at radius 2 is 1.12 bits per heavy atom. The van der Waals surface area contributed by atoms with Gasteiger partial charge in [-0.25, -0.2) is 9.59 Å². The fourth-order valence-electron chi connectivity index (χ4n) is 2.92. The van der Waals surface area contributed by atoms with Crippen LogP contribution in [0.1, 0.15) is 41.0 Å². The number of esters is 3. The molecule has 0 spiro atoms. The molecule has 244 valence electrons. The number of carbonyl (C=O) groups excluding carboxylic acids is 5. The first-order valence-corrected chi connectivity index (χ1v) is 14.0. The van der Waals surface area contributed by atoms with E-state index in [1.54, 1.807) is 32.6 Å². The van der Waals surface area contributed by atoms with Crippen molar-refractivity contribution in [3.05, 3.63) is 0 Å². The summed E-state index contributed by atoms with van der Waals surface area (Å²) >= 11 is 0. The molecule has 15 heteroatoms. The van der Waals surface area contributed by atoms with Crippen molar-refractivity contribution >= 4 is 29.7 Å². The Labute approximate surface area is 248 Å². The van der Waals surface area contributed by atoms with Gasteiger partial charge in [0.25, 0.3) is 0 Å². The van der Waals surface area contributed by atoms with Crippen LogP contribution in [0.25, 0.3) is 0 Å². The molecule has 0 aliphatic heterocycles. The Morgan fingerprint density at radius 1 is 0.643 bits per heavy atom. The highest BCUT2D eigenvalue weighted by molar-refractivity contribution is 5.75. The van der Waals surface area contributed by atoms with Crippen LogP contribution in [0.4, 0.5) is 0 Å². The summed E-state index contributed by atoms with van der Waals surface area (Å²) in [6.07, 6.45) is 0.411. The van der Waals surface area contributed by atoms with E-state index in [0.717, 1.165) is 0 Å². The summed E-state index contributed by atoms with van der Waals surface area (Å²) < 4.78 is 36.7. The van der Waals surface area contributed by atoms with Gasteiger partial charge in [0.1, 0.15) is 32.0 Å². The third kappa shape index (κ3) is 27.3. The average Bonchev–Trinajstić information content (AvgIpc) is 2.90. The SMILES string of the molecule is CCC(=O)NCCOCCOCC(=O)OCCN(CCOC(=O)COCCOCCNC(C)=O)CC(=O)OC(C)(C)C. The van der Waals surface area contributed by atoms with Crippen LogP contribution in [-0.4, -0.2) is 139 Å². The lowest BCUT2D eigenvalue weighted by atomic mass is 10.2. The zero-order valence-corrected chi connectivity index (χ0v) is 25.7. The van der Waals surface area contributed by atoms with Crippen LogP contribution in [0.15, 0.2) is 0 Å². The summed E-state index contributed by atoms with van der Waals surface area (Å²) in [6.45, 7) is 10.5. The van der Waals surface area contributed by atoms with Crippen molar-refractivity contribution in [2.24, 2.45) is 0 Å². The number of hydrogen-bond acceptors (Lipinski definition) is 13. The van der Waals surface area contributed by atoms with Crippen molar-refractivity contribution in [2.75, 3.05) is 98.8 Å². The second-order valence-electron chi connectivity index (χ2n) is 9.82. The van der Waals surface area contributed by atoms with Crippen LogP contribution in [0.2, 0.25) is 0 Å². The monoisotopic (exact) mass is 607 g/mol. The molecule has 0 aromatic heterocycles. The van der Waals surface area contributed by atoms with E-state index in [9.17, 15) is 24.0 Å². The summed E-state index contributed by atoms with van der Waals surface area (Å²) in [4.78, 5) is 59.7. The van der Waals surface area contributed by atoms with E-state index in [4.69, 9.17) is 33.2 Å². The molecule has 15 nitrogen and oxygen atoms in total. The molecule has 0 rings (SSSR count). The van der Waals surface area contributed by atoms with Gasteiger partial charge >= 0.3 is 17.9 Å². The van der Waals surface area contributed by atoms with Crippen LogP contribution in [0, 0.1) is 0 Å². The molecule has 0 bridgehead atoms. The molecule has 0 aliphatic carbocycles. The molecule has 2 amide bonds. The number of nitrogens with zero attached hydrogens (tertiary/aromatic N) is 1. The van der Waals surface area contributed by atoms with E-state index >= 15 is 0 Å². The maximum atomic E-state index is 12.3. The lowest BCUT2D eigenvalue weighted by Crippen LogP contribution is -2.39. The molecule has 0 aromatic rings. The van der Waals surface area contributed by atoms with Crippen LogP contribution in [0.3, 0.4) is 0 Å². The van der Waals surface area contributed by atoms with Crippen LogP contribution >= 0.6 is 0 Å². The number of carbonyl (C=O) groups is 5. The van der Waals surface area contributed by atoms with Gasteiger partial charge in [-0.3, -0.25) is 19.3 Å². The fourth-order valence-corrected chi connectivity index (χ4v) is 2.92. The second kappa shape index (κ2) is 24.7. The molecule has 0 atom stereocenters. The van der Waals surface area contributed by atoms with Crippen LogP contribution in [-0.2, 0) is 57.1 Å². The summed E-state index contributed by atoms with van der Waals surface area (Å²) in [5.41, 5.74) is -0.669. The Bertz CT molecular complexity index is 789. The first-order chi connectivity index (χ1) is 19.9. The molecule has 0 aromatic carbocycles. The average molecular weight is 608 g/mol. The number of ether oxygens (including phenoxy) is 7. The number of rotatable bonds is 25. The number of amides is 2. The van der Waals surface area contributed by atoms with Gasteiger partial charge in [0, 0.05) is 39.5 Å². The first kappa shape index (κ1) is 39.1. The molecule has 0 fully saturated rings. The molecule has 0 saturated heterocycles. The van der Waals surface area contributed by atoms with Crippen molar-refractivity contribution in [1.82, 2.24) is 15.5 Å². The molecule has 0 radical (unpaired) electrons. The smallest absolute Gasteiger partial charge is 0.332 e. The Hall–Kier alpha value is -2.85. The Balaban J connectivity index is 4.23. The summed E-state index contributed by atoms with van der Waals surface area (Å²) in [6, 6.07) is 0. The standard InChI is InChI=1S/C27H49N3O12/c1-6-23(32)29-8-12-37-16-18-39-21-26(35)41-14-10-30(19-24(33)42-27(3,4)5)9-13-40-25(34)20-38-17-15-36-11-7-28-22(2)31/h6-21H2,1-5H3,(H,28,31)(H,29,32). The second-order valence-corrected chi connectivity index (χ2v) is 9.82. The molecule has 0 heterocycles. The maximum Gasteiger partial charge on any atom is 0.332 e. The normalized spacial score (nSPS) is 11.2.